The minimum absolute atomic E-state index is 0.371. The Balaban J connectivity index is 2.14. The van der Waals surface area contributed by atoms with Crippen LogP contribution in [-0.4, -0.2) is 28.3 Å². The van der Waals surface area contributed by atoms with Crippen molar-refractivity contribution in [3.05, 3.63) is 22.7 Å². The van der Waals surface area contributed by atoms with Crippen molar-refractivity contribution in [2.75, 3.05) is 6.54 Å². The van der Waals surface area contributed by atoms with Crippen LogP contribution in [0.15, 0.2) is 18.2 Å². The van der Waals surface area contributed by atoms with E-state index in [4.69, 9.17) is 21.2 Å². The van der Waals surface area contributed by atoms with E-state index in [1.165, 1.54) is 16.4 Å². The van der Waals surface area contributed by atoms with Gasteiger partial charge >= 0.3 is 6.09 Å². The summed E-state index contributed by atoms with van der Waals surface area (Å²) < 4.78 is 6.66. The number of aromatic nitrogens is 1. The lowest BCUT2D eigenvalue weighted by Crippen LogP contribution is -2.38. The van der Waals surface area contributed by atoms with E-state index in [-0.39, 0.29) is 0 Å². The Bertz CT molecular complexity index is 651. The van der Waals surface area contributed by atoms with Crippen LogP contribution in [0.3, 0.4) is 0 Å². The maximum Gasteiger partial charge on any atom is 0.443 e. The van der Waals surface area contributed by atoms with Gasteiger partial charge in [0.2, 0.25) is 0 Å². The van der Waals surface area contributed by atoms with E-state index in [9.17, 15) is 4.79 Å². The number of carbonyl (C=O) groups excluding carboxylic acids is 1. The van der Waals surface area contributed by atoms with Gasteiger partial charge in [-0.05, 0) is 39.8 Å². The summed E-state index contributed by atoms with van der Waals surface area (Å²) in [7, 11) is 0. The molecule has 5 nitrogen and oxygen atoms in total. The predicted octanol–water partition coefficient (Wildman–Crippen LogP) is 4.50. The number of amides is 1. The fourth-order valence-electron chi connectivity index (χ4n) is 1.60. The number of fused-ring (bicyclic) bond motifs is 1. The predicted molar refractivity (Wildman–Crippen MR) is 83.9 cm³/mol. The number of hydrogen-bond donors (Lipinski definition) is 0. The van der Waals surface area contributed by atoms with E-state index in [0.717, 1.165) is 10.2 Å². The SMILES string of the molecule is CCN(Oc1ccc2nc(Cl)sc2c1)C(=O)OC(C)(C)C. The molecule has 0 unspecified atom stereocenters. The third kappa shape index (κ3) is 4.22. The Labute approximate surface area is 132 Å². The van der Waals surface area contributed by atoms with Crippen LogP contribution in [0.2, 0.25) is 4.47 Å². The maximum atomic E-state index is 12.0. The number of benzene rings is 1. The summed E-state index contributed by atoms with van der Waals surface area (Å²) in [6, 6.07) is 5.34. The molecule has 0 aliphatic carbocycles. The second-order valence-corrected chi connectivity index (χ2v) is 6.98. The second-order valence-electron chi connectivity index (χ2n) is 5.36. The number of halogens is 1. The number of hydroxylamine groups is 2. The van der Waals surface area contributed by atoms with Gasteiger partial charge in [0.05, 0.1) is 16.8 Å². The molecule has 1 heterocycles. The lowest BCUT2D eigenvalue weighted by Gasteiger charge is -2.25. The zero-order valence-electron chi connectivity index (χ0n) is 12.3. The molecule has 7 heteroatoms. The molecule has 0 radical (unpaired) electrons. The van der Waals surface area contributed by atoms with Crippen molar-refractivity contribution in [1.29, 1.82) is 0 Å². The highest BCUT2D eigenvalue weighted by Gasteiger charge is 2.22. The van der Waals surface area contributed by atoms with Gasteiger partial charge in [-0.2, -0.15) is 0 Å². The lowest BCUT2D eigenvalue weighted by molar-refractivity contribution is -0.0693. The molecular weight excluding hydrogens is 312 g/mol. The minimum atomic E-state index is -0.566. The third-order valence-corrected chi connectivity index (χ3v) is 3.56. The molecule has 0 saturated carbocycles. The Kier molecular flexibility index (Phi) is 4.58. The standard InChI is InChI=1S/C14H17ClN2O3S/c1-5-17(13(18)19-14(2,3)4)20-9-6-7-10-11(8-9)21-12(15)16-10/h6-8H,5H2,1-4H3. The normalized spacial score (nSPS) is 11.5. The number of rotatable bonds is 3. The molecule has 0 saturated heterocycles. The molecule has 0 spiro atoms. The molecule has 0 bridgehead atoms. The number of carbonyl (C=O) groups is 1. The molecule has 2 rings (SSSR count). The van der Waals surface area contributed by atoms with Crippen molar-refractivity contribution in [3.63, 3.8) is 0 Å². The first kappa shape index (κ1) is 15.9. The van der Waals surface area contributed by atoms with Crippen molar-refractivity contribution >= 4 is 39.2 Å². The zero-order valence-corrected chi connectivity index (χ0v) is 13.9. The number of hydrogen-bond acceptors (Lipinski definition) is 5. The molecule has 21 heavy (non-hydrogen) atoms. The third-order valence-electron chi connectivity index (χ3n) is 2.43. The molecule has 1 aromatic carbocycles. The highest BCUT2D eigenvalue weighted by molar-refractivity contribution is 7.22. The summed E-state index contributed by atoms with van der Waals surface area (Å²) in [4.78, 5) is 21.8. The van der Waals surface area contributed by atoms with Crippen molar-refractivity contribution < 1.29 is 14.4 Å². The van der Waals surface area contributed by atoms with Gasteiger partial charge in [-0.3, -0.25) is 0 Å². The topological polar surface area (TPSA) is 51.7 Å². The summed E-state index contributed by atoms with van der Waals surface area (Å²) in [6.07, 6.45) is -0.521. The van der Waals surface area contributed by atoms with Crippen molar-refractivity contribution in [2.24, 2.45) is 0 Å². The average molecular weight is 329 g/mol. The highest BCUT2D eigenvalue weighted by Crippen LogP contribution is 2.29. The van der Waals surface area contributed by atoms with Gasteiger partial charge in [0.1, 0.15) is 5.60 Å². The molecule has 1 amide bonds. The van der Waals surface area contributed by atoms with E-state index in [1.807, 2.05) is 27.7 Å². The first-order chi connectivity index (χ1) is 9.78. The zero-order chi connectivity index (χ0) is 15.6. The lowest BCUT2D eigenvalue weighted by atomic mass is 10.2. The van der Waals surface area contributed by atoms with E-state index in [1.54, 1.807) is 18.2 Å². The quantitative estimate of drug-likeness (QED) is 0.778. The monoisotopic (exact) mass is 328 g/mol. The summed E-state index contributed by atoms with van der Waals surface area (Å²) in [5.41, 5.74) is 0.237. The summed E-state index contributed by atoms with van der Waals surface area (Å²) in [6.45, 7) is 7.61. The van der Waals surface area contributed by atoms with E-state index < -0.39 is 11.7 Å². The first-order valence-corrected chi connectivity index (χ1v) is 7.72. The highest BCUT2D eigenvalue weighted by atomic mass is 35.5. The maximum absolute atomic E-state index is 12.0. The molecule has 0 aliphatic rings. The molecule has 0 atom stereocenters. The Hall–Kier alpha value is -1.53. The van der Waals surface area contributed by atoms with Crippen LogP contribution in [0, 0.1) is 0 Å². The molecule has 0 fully saturated rings. The Morgan fingerprint density at radius 1 is 1.43 bits per heavy atom. The number of thiazole rings is 1. The van der Waals surface area contributed by atoms with Gasteiger partial charge in [-0.1, -0.05) is 11.6 Å². The fraction of sp³-hybridized carbons (Fsp3) is 0.429. The van der Waals surface area contributed by atoms with E-state index in [2.05, 4.69) is 4.98 Å². The molecular formula is C14H17ClN2O3S. The van der Waals surface area contributed by atoms with E-state index >= 15 is 0 Å². The summed E-state index contributed by atoms with van der Waals surface area (Å²) >= 11 is 7.23. The van der Waals surface area contributed by atoms with Gasteiger partial charge < -0.3 is 9.57 Å². The van der Waals surface area contributed by atoms with Gasteiger partial charge in [0.15, 0.2) is 10.2 Å². The molecule has 1 aromatic heterocycles. The van der Waals surface area contributed by atoms with Crippen molar-refractivity contribution in [2.45, 2.75) is 33.3 Å². The van der Waals surface area contributed by atoms with Gasteiger partial charge in [-0.15, -0.1) is 16.4 Å². The molecule has 114 valence electrons. The van der Waals surface area contributed by atoms with Gasteiger partial charge in [0.25, 0.3) is 0 Å². The first-order valence-electron chi connectivity index (χ1n) is 6.53. The van der Waals surface area contributed by atoms with Crippen LogP contribution in [0.25, 0.3) is 10.2 Å². The Morgan fingerprint density at radius 2 is 2.14 bits per heavy atom. The Morgan fingerprint density at radius 3 is 2.76 bits per heavy atom. The molecule has 2 aromatic rings. The minimum Gasteiger partial charge on any atom is -0.442 e. The second kappa shape index (κ2) is 6.07. The van der Waals surface area contributed by atoms with Crippen LogP contribution in [0.5, 0.6) is 5.75 Å². The van der Waals surface area contributed by atoms with E-state index in [0.29, 0.717) is 16.8 Å². The van der Waals surface area contributed by atoms with Crippen LogP contribution >= 0.6 is 22.9 Å². The van der Waals surface area contributed by atoms with Crippen molar-refractivity contribution in [1.82, 2.24) is 10.0 Å². The number of nitrogens with zero attached hydrogens (tertiary/aromatic N) is 2. The molecule has 0 N–H and O–H groups in total. The number of ether oxygens (including phenoxy) is 1. The van der Waals surface area contributed by atoms with Crippen LogP contribution in [-0.2, 0) is 4.74 Å². The fourth-order valence-corrected chi connectivity index (χ4v) is 2.66. The van der Waals surface area contributed by atoms with Crippen LogP contribution < -0.4 is 4.84 Å². The average Bonchev–Trinajstić information content (AvgIpc) is 2.72. The van der Waals surface area contributed by atoms with Gasteiger partial charge in [0, 0.05) is 6.07 Å². The smallest absolute Gasteiger partial charge is 0.442 e. The van der Waals surface area contributed by atoms with Crippen LogP contribution in [0.1, 0.15) is 27.7 Å². The van der Waals surface area contributed by atoms with Gasteiger partial charge in [-0.25, -0.2) is 9.78 Å². The van der Waals surface area contributed by atoms with Crippen LogP contribution in [0.4, 0.5) is 4.79 Å². The van der Waals surface area contributed by atoms with Crippen molar-refractivity contribution in [3.8, 4) is 5.75 Å². The summed E-state index contributed by atoms with van der Waals surface area (Å²) in [5.74, 6) is 0.538. The largest absolute Gasteiger partial charge is 0.443 e. The molecule has 0 aliphatic heterocycles. The summed E-state index contributed by atoms with van der Waals surface area (Å²) in [5, 5.41) is 1.18.